The molecular formula is C17H17ClFN5O2. The molecule has 0 amide bonds. The largest absolute Gasteiger partial charge is 0.388 e. The van der Waals surface area contributed by atoms with Crippen LogP contribution in [0, 0.1) is 5.82 Å². The van der Waals surface area contributed by atoms with Gasteiger partial charge in [-0.15, -0.1) is 0 Å². The molecule has 0 saturated carbocycles. The minimum Gasteiger partial charge on any atom is -0.388 e. The first-order chi connectivity index (χ1) is 12.6. The molecule has 4 rings (SSSR count). The van der Waals surface area contributed by atoms with Crippen LogP contribution in [-0.4, -0.2) is 50.4 Å². The predicted molar refractivity (Wildman–Crippen MR) is 95.2 cm³/mol. The van der Waals surface area contributed by atoms with E-state index in [9.17, 15) is 9.50 Å². The number of fused-ring (bicyclic) bond motifs is 1. The molecule has 1 fully saturated rings. The number of imidazole rings is 1. The number of morpholine rings is 1. The van der Waals surface area contributed by atoms with E-state index < -0.39 is 5.82 Å². The molecule has 0 radical (unpaired) electrons. The Balaban J connectivity index is 1.87. The van der Waals surface area contributed by atoms with Gasteiger partial charge in [0.25, 0.3) is 0 Å². The fourth-order valence-corrected chi connectivity index (χ4v) is 3.31. The molecule has 136 valence electrons. The van der Waals surface area contributed by atoms with E-state index in [0.717, 1.165) is 0 Å². The fraction of sp³-hybridized carbons (Fsp3) is 0.353. The number of aliphatic hydroxyl groups is 1. The molecule has 1 N–H and O–H groups in total. The third-order valence-electron chi connectivity index (χ3n) is 4.36. The van der Waals surface area contributed by atoms with Crippen molar-refractivity contribution in [2.24, 2.45) is 0 Å². The maximum absolute atomic E-state index is 13.5. The van der Waals surface area contributed by atoms with Crippen molar-refractivity contribution in [2.45, 2.75) is 19.6 Å². The predicted octanol–water partition coefficient (Wildman–Crippen LogP) is 2.33. The molecule has 3 aromatic rings. The maximum atomic E-state index is 13.5. The van der Waals surface area contributed by atoms with E-state index in [4.69, 9.17) is 16.3 Å². The van der Waals surface area contributed by atoms with Crippen molar-refractivity contribution >= 4 is 28.5 Å². The van der Waals surface area contributed by atoms with E-state index in [1.165, 1.54) is 12.1 Å². The van der Waals surface area contributed by atoms with Crippen LogP contribution >= 0.6 is 11.6 Å². The molecule has 0 bridgehead atoms. The van der Waals surface area contributed by atoms with Gasteiger partial charge in [-0.05, 0) is 19.1 Å². The number of aliphatic hydroxyl groups excluding tert-OH is 1. The molecule has 1 aliphatic rings. The number of rotatable bonds is 3. The quantitative estimate of drug-likeness (QED) is 0.706. The second-order valence-corrected chi connectivity index (χ2v) is 6.51. The number of hydrogen-bond acceptors (Lipinski definition) is 6. The Morgan fingerprint density at radius 2 is 2.15 bits per heavy atom. The first kappa shape index (κ1) is 17.1. The third-order valence-corrected chi connectivity index (χ3v) is 4.55. The van der Waals surface area contributed by atoms with Gasteiger partial charge in [0.2, 0.25) is 5.95 Å². The number of aromatic nitrogens is 4. The molecule has 1 atom stereocenters. The Kier molecular flexibility index (Phi) is 4.47. The first-order valence-electron chi connectivity index (χ1n) is 8.24. The lowest BCUT2D eigenvalue weighted by Gasteiger charge is -2.34. The van der Waals surface area contributed by atoms with Crippen LogP contribution in [0.3, 0.4) is 0 Å². The lowest BCUT2D eigenvalue weighted by Crippen LogP contribution is -2.44. The topological polar surface area (TPSA) is 76.3 Å². The van der Waals surface area contributed by atoms with Crippen molar-refractivity contribution in [1.29, 1.82) is 0 Å². The monoisotopic (exact) mass is 377 g/mol. The zero-order valence-electron chi connectivity index (χ0n) is 14.1. The summed E-state index contributed by atoms with van der Waals surface area (Å²) in [5.41, 5.74) is 1.01. The van der Waals surface area contributed by atoms with Crippen molar-refractivity contribution in [2.75, 3.05) is 24.7 Å². The zero-order chi connectivity index (χ0) is 18.3. The Hall–Kier alpha value is -2.29. The van der Waals surface area contributed by atoms with E-state index in [1.54, 1.807) is 16.7 Å². The van der Waals surface area contributed by atoms with Gasteiger partial charge in [0.05, 0.1) is 30.3 Å². The second-order valence-electron chi connectivity index (χ2n) is 6.12. The van der Waals surface area contributed by atoms with Crippen molar-refractivity contribution < 1.29 is 14.2 Å². The van der Waals surface area contributed by atoms with Crippen LogP contribution in [0.15, 0.2) is 24.3 Å². The standard InChI is InChI=1S/C17H17ClFN5O2/c1-10-9-26-5-4-23(10)15-7-14(18)21-17(22-15)24-13-3-2-11(19)6-12(13)20-16(24)8-25/h2-3,6-7,10,25H,4-5,8-9H2,1H3/t10-/m1/s1. The molecular weight excluding hydrogens is 361 g/mol. The van der Waals surface area contributed by atoms with Gasteiger partial charge in [0.1, 0.15) is 29.2 Å². The van der Waals surface area contributed by atoms with Crippen LogP contribution in [0.5, 0.6) is 0 Å². The van der Waals surface area contributed by atoms with E-state index >= 15 is 0 Å². The highest BCUT2D eigenvalue weighted by atomic mass is 35.5. The Morgan fingerprint density at radius 3 is 2.92 bits per heavy atom. The Bertz CT molecular complexity index is 964. The highest BCUT2D eigenvalue weighted by Crippen LogP contribution is 2.25. The zero-order valence-corrected chi connectivity index (χ0v) is 14.8. The number of anilines is 1. The molecule has 0 spiro atoms. The van der Waals surface area contributed by atoms with Crippen LogP contribution < -0.4 is 4.90 Å². The van der Waals surface area contributed by atoms with Gasteiger partial charge in [-0.2, -0.15) is 4.98 Å². The number of halogens is 2. The SMILES string of the molecule is C[C@@H]1COCCN1c1cc(Cl)nc(-n2c(CO)nc3cc(F)ccc32)n1. The van der Waals surface area contributed by atoms with Crippen molar-refractivity contribution in [1.82, 2.24) is 19.5 Å². The van der Waals surface area contributed by atoms with Crippen LogP contribution in [0.2, 0.25) is 5.15 Å². The lowest BCUT2D eigenvalue weighted by molar-refractivity contribution is 0.0985. The van der Waals surface area contributed by atoms with Crippen molar-refractivity contribution in [3.8, 4) is 5.95 Å². The van der Waals surface area contributed by atoms with Gasteiger partial charge in [0, 0.05) is 18.7 Å². The van der Waals surface area contributed by atoms with Crippen molar-refractivity contribution in [3.63, 3.8) is 0 Å². The number of benzene rings is 1. The van der Waals surface area contributed by atoms with Crippen molar-refractivity contribution in [3.05, 3.63) is 41.1 Å². The van der Waals surface area contributed by atoms with E-state index in [0.29, 0.717) is 42.4 Å². The minimum absolute atomic E-state index is 0.147. The summed E-state index contributed by atoms with van der Waals surface area (Å²) in [6.07, 6.45) is 0. The van der Waals surface area contributed by atoms with Gasteiger partial charge < -0.3 is 14.7 Å². The average Bonchev–Trinajstić information content (AvgIpc) is 2.99. The van der Waals surface area contributed by atoms with Crippen LogP contribution in [0.1, 0.15) is 12.7 Å². The summed E-state index contributed by atoms with van der Waals surface area (Å²) in [6, 6.07) is 6.06. The molecule has 7 nitrogen and oxygen atoms in total. The molecule has 2 aromatic heterocycles. The van der Waals surface area contributed by atoms with Gasteiger partial charge in [0.15, 0.2) is 0 Å². The summed E-state index contributed by atoms with van der Waals surface area (Å²) in [5.74, 6) is 0.864. The van der Waals surface area contributed by atoms with Gasteiger partial charge >= 0.3 is 0 Å². The number of hydrogen-bond donors (Lipinski definition) is 1. The molecule has 26 heavy (non-hydrogen) atoms. The number of ether oxygens (including phenoxy) is 1. The smallest absolute Gasteiger partial charge is 0.239 e. The first-order valence-corrected chi connectivity index (χ1v) is 8.61. The maximum Gasteiger partial charge on any atom is 0.239 e. The van der Waals surface area contributed by atoms with Crippen LogP contribution in [-0.2, 0) is 11.3 Å². The molecule has 9 heteroatoms. The lowest BCUT2D eigenvalue weighted by atomic mass is 10.2. The summed E-state index contributed by atoms with van der Waals surface area (Å²) >= 11 is 6.24. The summed E-state index contributed by atoms with van der Waals surface area (Å²) in [4.78, 5) is 15.3. The molecule has 1 aromatic carbocycles. The molecule has 3 heterocycles. The Morgan fingerprint density at radius 1 is 1.31 bits per heavy atom. The van der Waals surface area contributed by atoms with Crippen LogP contribution in [0.25, 0.3) is 17.0 Å². The minimum atomic E-state index is -0.401. The Labute approximate surface area is 154 Å². The summed E-state index contributed by atoms with van der Waals surface area (Å²) in [6.45, 7) is 3.61. The van der Waals surface area contributed by atoms with E-state index in [2.05, 4.69) is 19.9 Å². The van der Waals surface area contributed by atoms with Gasteiger partial charge in [-0.25, -0.2) is 14.4 Å². The normalized spacial score (nSPS) is 17.8. The highest BCUT2D eigenvalue weighted by Gasteiger charge is 2.23. The van der Waals surface area contributed by atoms with Gasteiger partial charge in [-0.3, -0.25) is 4.57 Å². The average molecular weight is 378 g/mol. The highest BCUT2D eigenvalue weighted by molar-refractivity contribution is 6.29. The third kappa shape index (κ3) is 3.00. The van der Waals surface area contributed by atoms with Crippen LogP contribution in [0.4, 0.5) is 10.2 Å². The molecule has 1 saturated heterocycles. The summed E-state index contributed by atoms with van der Waals surface area (Å²) < 4.78 is 20.6. The van der Waals surface area contributed by atoms with E-state index in [-0.39, 0.29) is 23.8 Å². The van der Waals surface area contributed by atoms with E-state index in [1.807, 2.05) is 6.92 Å². The van der Waals surface area contributed by atoms with Gasteiger partial charge in [-0.1, -0.05) is 11.6 Å². The molecule has 0 aliphatic carbocycles. The molecule has 0 unspecified atom stereocenters. The molecule has 1 aliphatic heterocycles. The number of nitrogens with zero attached hydrogens (tertiary/aromatic N) is 5. The second kappa shape index (κ2) is 6.79. The summed E-state index contributed by atoms with van der Waals surface area (Å²) in [5, 5.41) is 9.96. The fourth-order valence-electron chi connectivity index (χ4n) is 3.14. The summed E-state index contributed by atoms with van der Waals surface area (Å²) in [7, 11) is 0.